The lowest BCUT2D eigenvalue weighted by Crippen LogP contribution is -2.39. The Morgan fingerprint density at radius 1 is 1.06 bits per heavy atom. The van der Waals surface area contributed by atoms with Gasteiger partial charge < -0.3 is 20.1 Å². The molecule has 1 amide bonds. The number of benzene rings is 2. The van der Waals surface area contributed by atoms with Crippen LogP contribution < -0.4 is 10.5 Å². The van der Waals surface area contributed by atoms with Crippen LogP contribution in [-0.2, 0) is 9.53 Å². The van der Waals surface area contributed by atoms with Crippen LogP contribution in [0.25, 0.3) is 11.3 Å². The van der Waals surface area contributed by atoms with Gasteiger partial charge in [-0.05, 0) is 60.9 Å². The number of aromatic nitrogens is 1. The maximum absolute atomic E-state index is 13.2. The summed E-state index contributed by atoms with van der Waals surface area (Å²) in [4.78, 5) is 31.2. The summed E-state index contributed by atoms with van der Waals surface area (Å²) < 4.78 is 10.9. The van der Waals surface area contributed by atoms with Crippen LogP contribution in [0.3, 0.4) is 0 Å². The molecule has 36 heavy (non-hydrogen) atoms. The number of amidine groups is 1. The maximum Gasteiger partial charge on any atom is 0.305 e. The van der Waals surface area contributed by atoms with Crippen molar-refractivity contribution in [3.05, 3.63) is 84.1 Å². The first-order valence-electron chi connectivity index (χ1n) is 11.4. The second-order valence-electron chi connectivity index (χ2n) is 8.54. The molecule has 3 aromatic rings. The average molecular weight is 509 g/mol. The molecule has 0 bridgehead atoms. The number of rotatable bonds is 8. The number of carbonyl (C=O) groups excluding carboxylic acids is 2. The molecule has 2 atom stereocenters. The second kappa shape index (κ2) is 12.2. The number of nitrogens with two attached hydrogens (primary N) is 1. The van der Waals surface area contributed by atoms with E-state index in [0.29, 0.717) is 36.4 Å². The van der Waals surface area contributed by atoms with E-state index in [1.807, 2.05) is 48.5 Å². The van der Waals surface area contributed by atoms with E-state index in [4.69, 9.17) is 20.6 Å². The fraction of sp³-hybridized carbons (Fsp3) is 0.259. The highest BCUT2D eigenvalue weighted by Crippen LogP contribution is 2.29. The summed E-state index contributed by atoms with van der Waals surface area (Å²) in [6.45, 7) is 0.804. The number of halogens is 1. The van der Waals surface area contributed by atoms with Crippen molar-refractivity contribution < 1.29 is 19.1 Å². The molecule has 0 radical (unpaired) electrons. The molecule has 1 aliphatic heterocycles. The van der Waals surface area contributed by atoms with Crippen LogP contribution in [0, 0.1) is 11.3 Å². The van der Waals surface area contributed by atoms with Crippen LogP contribution >= 0.6 is 12.4 Å². The summed E-state index contributed by atoms with van der Waals surface area (Å²) in [7, 11) is 1.38. The molecule has 3 N–H and O–H groups in total. The fourth-order valence-corrected chi connectivity index (χ4v) is 4.27. The van der Waals surface area contributed by atoms with E-state index in [0.717, 1.165) is 11.3 Å². The second-order valence-corrected chi connectivity index (χ2v) is 8.54. The van der Waals surface area contributed by atoms with Crippen molar-refractivity contribution >= 4 is 30.1 Å². The molecule has 9 heteroatoms. The number of esters is 1. The summed E-state index contributed by atoms with van der Waals surface area (Å²) in [6.07, 6.45) is 2.51. The van der Waals surface area contributed by atoms with Gasteiger partial charge in [-0.15, -0.1) is 12.4 Å². The number of amides is 1. The standard InChI is InChI=1S/C27H28N4O4.ClH/c1-34-25(32)14-18-13-22(31(16-18)27(33)20-5-3-2-4-6-20)17-35-23-10-7-19(8-11-23)24-12-9-21(15-30-24)26(28)29;/h2-12,15,18,22H,13-14,16-17H2,1H3,(H3,28,29);1H/t18-,22-;/m0./s1. The lowest BCUT2D eigenvalue weighted by molar-refractivity contribution is -0.141. The highest BCUT2D eigenvalue weighted by atomic mass is 35.5. The van der Waals surface area contributed by atoms with Gasteiger partial charge in [-0.1, -0.05) is 18.2 Å². The Morgan fingerprint density at radius 3 is 2.39 bits per heavy atom. The van der Waals surface area contributed by atoms with E-state index in [-0.39, 0.29) is 48.5 Å². The quantitative estimate of drug-likeness (QED) is 0.270. The molecule has 4 rings (SSSR count). The van der Waals surface area contributed by atoms with Gasteiger partial charge in [0, 0.05) is 29.4 Å². The third-order valence-electron chi connectivity index (χ3n) is 6.13. The monoisotopic (exact) mass is 508 g/mol. The molecule has 1 aliphatic rings. The van der Waals surface area contributed by atoms with Gasteiger partial charge in [0.15, 0.2) is 0 Å². The van der Waals surface area contributed by atoms with Gasteiger partial charge >= 0.3 is 5.97 Å². The number of nitrogens with zero attached hydrogens (tertiary/aromatic N) is 2. The number of methoxy groups -OCH3 is 1. The van der Waals surface area contributed by atoms with Gasteiger partial charge in [0.05, 0.1) is 25.3 Å². The first-order chi connectivity index (χ1) is 16.9. The van der Waals surface area contributed by atoms with Crippen LogP contribution in [0.4, 0.5) is 0 Å². The van der Waals surface area contributed by atoms with Crippen molar-refractivity contribution in [1.82, 2.24) is 9.88 Å². The number of nitrogen functional groups attached to an aromatic ring is 1. The Hall–Kier alpha value is -3.91. The van der Waals surface area contributed by atoms with Crippen LogP contribution in [0.1, 0.15) is 28.8 Å². The zero-order valence-corrected chi connectivity index (χ0v) is 20.7. The summed E-state index contributed by atoms with van der Waals surface area (Å²) in [6, 6.07) is 20.1. The van der Waals surface area contributed by atoms with E-state index >= 15 is 0 Å². The predicted molar refractivity (Wildman–Crippen MR) is 139 cm³/mol. The van der Waals surface area contributed by atoms with Crippen molar-refractivity contribution in [2.75, 3.05) is 20.3 Å². The van der Waals surface area contributed by atoms with Crippen molar-refractivity contribution in [1.29, 1.82) is 5.41 Å². The Balaban J connectivity index is 0.00000361. The smallest absolute Gasteiger partial charge is 0.305 e. The van der Waals surface area contributed by atoms with Crippen molar-refractivity contribution in [2.24, 2.45) is 11.7 Å². The number of hydrogen-bond donors (Lipinski definition) is 2. The van der Waals surface area contributed by atoms with Gasteiger partial charge in [-0.3, -0.25) is 20.0 Å². The Labute approximate surface area is 216 Å². The van der Waals surface area contributed by atoms with Gasteiger partial charge in [-0.2, -0.15) is 0 Å². The molecular weight excluding hydrogens is 480 g/mol. The van der Waals surface area contributed by atoms with Crippen LogP contribution in [0.15, 0.2) is 72.9 Å². The number of likely N-dealkylation sites (tertiary alicyclic amines) is 1. The van der Waals surface area contributed by atoms with Crippen LogP contribution in [-0.4, -0.2) is 53.9 Å². The van der Waals surface area contributed by atoms with Crippen LogP contribution in [0.2, 0.25) is 0 Å². The maximum atomic E-state index is 13.2. The first kappa shape index (κ1) is 26.7. The molecular formula is C27H29ClN4O4. The first-order valence-corrected chi connectivity index (χ1v) is 11.4. The minimum Gasteiger partial charge on any atom is -0.491 e. The molecule has 188 valence electrons. The van der Waals surface area contributed by atoms with Gasteiger partial charge in [-0.25, -0.2) is 0 Å². The summed E-state index contributed by atoms with van der Waals surface area (Å²) >= 11 is 0. The minimum atomic E-state index is -0.274. The zero-order valence-electron chi connectivity index (χ0n) is 19.9. The number of ether oxygens (including phenoxy) is 2. The topological polar surface area (TPSA) is 119 Å². The van der Waals surface area contributed by atoms with Crippen LogP contribution in [0.5, 0.6) is 5.75 Å². The largest absolute Gasteiger partial charge is 0.491 e. The van der Waals surface area contributed by atoms with Gasteiger partial charge in [0.2, 0.25) is 0 Å². The molecule has 0 saturated carbocycles. The molecule has 0 aliphatic carbocycles. The third kappa shape index (κ3) is 6.40. The molecule has 2 aromatic carbocycles. The highest BCUT2D eigenvalue weighted by molar-refractivity contribution is 5.95. The number of carbonyl (C=O) groups is 2. The van der Waals surface area contributed by atoms with Gasteiger partial charge in [0.25, 0.3) is 5.91 Å². The zero-order chi connectivity index (χ0) is 24.8. The van der Waals surface area contributed by atoms with Crippen molar-refractivity contribution in [3.8, 4) is 17.0 Å². The highest BCUT2D eigenvalue weighted by Gasteiger charge is 2.37. The van der Waals surface area contributed by atoms with Gasteiger partial charge in [0.1, 0.15) is 18.2 Å². The lowest BCUT2D eigenvalue weighted by atomic mass is 10.0. The predicted octanol–water partition coefficient (Wildman–Crippen LogP) is 3.93. The molecule has 1 saturated heterocycles. The molecule has 8 nitrogen and oxygen atoms in total. The number of nitrogens with one attached hydrogen (secondary N) is 1. The average Bonchev–Trinajstić information content (AvgIpc) is 3.30. The SMILES string of the molecule is COC(=O)C[C@@H]1C[C@@H](COc2ccc(-c3ccc(C(=N)N)cn3)cc2)N(C(=O)c2ccccc2)C1.Cl. The van der Waals surface area contributed by atoms with Crippen molar-refractivity contribution in [3.63, 3.8) is 0 Å². The van der Waals surface area contributed by atoms with E-state index < -0.39 is 0 Å². The minimum absolute atomic E-state index is 0. The number of pyridine rings is 1. The normalized spacial score (nSPS) is 16.6. The molecule has 0 unspecified atom stereocenters. The Bertz CT molecular complexity index is 1190. The Kier molecular flexibility index (Phi) is 9.02. The molecule has 0 spiro atoms. The van der Waals surface area contributed by atoms with E-state index in [2.05, 4.69) is 4.98 Å². The van der Waals surface area contributed by atoms with E-state index in [1.165, 1.54) is 7.11 Å². The number of hydrogen-bond acceptors (Lipinski definition) is 6. The van der Waals surface area contributed by atoms with Crippen molar-refractivity contribution in [2.45, 2.75) is 18.9 Å². The molecule has 1 fully saturated rings. The van der Waals surface area contributed by atoms with E-state index in [9.17, 15) is 9.59 Å². The fourth-order valence-electron chi connectivity index (χ4n) is 4.27. The summed E-state index contributed by atoms with van der Waals surface area (Å²) in [5, 5.41) is 7.47. The summed E-state index contributed by atoms with van der Waals surface area (Å²) in [5.74, 6) is 0.340. The summed E-state index contributed by atoms with van der Waals surface area (Å²) in [5.41, 5.74) is 8.35. The Morgan fingerprint density at radius 2 is 1.78 bits per heavy atom. The molecule has 2 heterocycles. The molecule has 1 aromatic heterocycles. The van der Waals surface area contributed by atoms with E-state index in [1.54, 1.807) is 29.3 Å². The lowest BCUT2D eigenvalue weighted by Gasteiger charge is -2.25. The third-order valence-corrected chi connectivity index (χ3v) is 6.13.